The molecule has 2 aromatic rings. The molecule has 30 heavy (non-hydrogen) atoms. The van der Waals surface area contributed by atoms with E-state index in [0.717, 1.165) is 60.8 Å². The lowest BCUT2D eigenvalue weighted by atomic mass is 9.91. The Morgan fingerprint density at radius 3 is 2.20 bits per heavy atom. The van der Waals surface area contributed by atoms with Gasteiger partial charge in [-0.2, -0.15) is 0 Å². The summed E-state index contributed by atoms with van der Waals surface area (Å²) in [5, 5.41) is 0. The van der Waals surface area contributed by atoms with Gasteiger partial charge in [-0.1, -0.05) is 0 Å². The predicted molar refractivity (Wildman–Crippen MR) is 122 cm³/mol. The van der Waals surface area contributed by atoms with E-state index in [0.29, 0.717) is 0 Å². The molecule has 0 aliphatic carbocycles. The molecular formula is C25H32N2O3. The van der Waals surface area contributed by atoms with Crippen molar-refractivity contribution in [2.45, 2.75) is 46.6 Å². The second-order valence-electron chi connectivity index (χ2n) is 8.89. The van der Waals surface area contributed by atoms with Crippen molar-refractivity contribution in [3.63, 3.8) is 0 Å². The highest BCUT2D eigenvalue weighted by Crippen LogP contribution is 2.45. The summed E-state index contributed by atoms with van der Waals surface area (Å²) in [4.78, 5) is 17.9. The van der Waals surface area contributed by atoms with Crippen LogP contribution in [0.3, 0.4) is 0 Å². The van der Waals surface area contributed by atoms with Crippen molar-refractivity contribution in [2.24, 2.45) is 0 Å². The van der Waals surface area contributed by atoms with Crippen LogP contribution in [0, 0.1) is 20.8 Å². The molecule has 0 aromatic heterocycles. The zero-order chi connectivity index (χ0) is 21.6. The SMILES string of the molecule is COc1ccc(N2CCCN(c3c(C)c(C)c4c(c3C)C(=O)C(C)(C)O4)CC2)cc1. The zero-order valence-corrected chi connectivity index (χ0v) is 19.0. The Morgan fingerprint density at radius 1 is 0.900 bits per heavy atom. The Bertz CT molecular complexity index is 979. The van der Waals surface area contributed by atoms with Gasteiger partial charge in [-0.05, 0) is 82.0 Å². The van der Waals surface area contributed by atoms with E-state index in [1.807, 2.05) is 26.0 Å². The van der Waals surface area contributed by atoms with E-state index >= 15 is 0 Å². The number of anilines is 2. The molecule has 0 saturated carbocycles. The number of ketones is 1. The van der Waals surface area contributed by atoms with E-state index in [-0.39, 0.29) is 5.78 Å². The lowest BCUT2D eigenvalue weighted by Crippen LogP contribution is -2.33. The van der Waals surface area contributed by atoms with Crippen molar-refractivity contribution in [1.29, 1.82) is 0 Å². The van der Waals surface area contributed by atoms with Gasteiger partial charge in [0, 0.05) is 37.6 Å². The maximum atomic E-state index is 13.0. The average Bonchev–Trinajstić information content (AvgIpc) is 2.88. The number of hydrogen-bond donors (Lipinski definition) is 0. The van der Waals surface area contributed by atoms with Crippen LogP contribution in [0.5, 0.6) is 11.5 Å². The number of hydrogen-bond acceptors (Lipinski definition) is 5. The van der Waals surface area contributed by atoms with Crippen molar-refractivity contribution in [1.82, 2.24) is 0 Å². The zero-order valence-electron chi connectivity index (χ0n) is 19.0. The van der Waals surface area contributed by atoms with E-state index in [1.54, 1.807) is 7.11 Å². The summed E-state index contributed by atoms with van der Waals surface area (Å²) in [5.74, 6) is 1.75. The number of rotatable bonds is 3. The lowest BCUT2D eigenvalue weighted by Gasteiger charge is -2.29. The molecule has 2 aromatic carbocycles. The van der Waals surface area contributed by atoms with Crippen molar-refractivity contribution in [2.75, 3.05) is 43.1 Å². The Hall–Kier alpha value is -2.69. The number of nitrogens with zero attached hydrogens (tertiary/aromatic N) is 2. The van der Waals surface area contributed by atoms with Crippen LogP contribution in [0.15, 0.2) is 24.3 Å². The van der Waals surface area contributed by atoms with Crippen molar-refractivity contribution >= 4 is 17.2 Å². The van der Waals surface area contributed by atoms with Gasteiger partial charge in [-0.3, -0.25) is 4.79 Å². The van der Waals surface area contributed by atoms with Gasteiger partial charge >= 0.3 is 0 Å². The van der Waals surface area contributed by atoms with Crippen LogP contribution in [0.2, 0.25) is 0 Å². The van der Waals surface area contributed by atoms with Gasteiger partial charge in [-0.15, -0.1) is 0 Å². The molecule has 0 spiro atoms. The van der Waals surface area contributed by atoms with Gasteiger partial charge < -0.3 is 19.3 Å². The highest BCUT2D eigenvalue weighted by Gasteiger charge is 2.43. The maximum absolute atomic E-state index is 13.0. The van der Waals surface area contributed by atoms with Gasteiger partial charge in [-0.25, -0.2) is 0 Å². The topological polar surface area (TPSA) is 42.0 Å². The number of methoxy groups -OCH3 is 1. The first-order valence-electron chi connectivity index (χ1n) is 10.8. The second-order valence-corrected chi connectivity index (χ2v) is 8.89. The molecule has 0 amide bonds. The fraction of sp³-hybridized carbons (Fsp3) is 0.480. The minimum absolute atomic E-state index is 0.0917. The third kappa shape index (κ3) is 3.30. The molecule has 5 heteroatoms. The summed E-state index contributed by atoms with van der Waals surface area (Å²) >= 11 is 0. The van der Waals surface area contributed by atoms with E-state index in [2.05, 4.69) is 42.7 Å². The third-order valence-electron chi connectivity index (χ3n) is 6.60. The quantitative estimate of drug-likeness (QED) is 0.737. The number of carbonyl (C=O) groups is 1. The standard InChI is InChI=1S/C25H32N2O3/c1-16-17(2)23-21(24(28)25(4,5)30-23)18(3)22(16)27-13-7-12-26(14-15-27)19-8-10-20(29-6)11-9-19/h8-11H,7,12-15H2,1-6H3. The Morgan fingerprint density at radius 2 is 1.53 bits per heavy atom. The van der Waals surface area contributed by atoms with Gasteiger partial charge in [0.1, 0.15) is 11.5 Å². The largest absolute Gasteiger partial charge is 0.497 e. The summed E-state index contributed by atoms with van der Waals surface area (Å²) in [7, 11) is 1.69. The van der Waals surface area contributed by atoms with E-state index in [1.165, 1.54) is 16.9 Å². The number of benzene rings is 2. The molecule has 2 aliphatic rings. The highest BCUT2D eigenvalue weighted by atomic mass is 16.5. The number of ether oxygens (including phenoxy) is 2. The van der Waals surface area contributed by atoms with E-state index < -0.39 is 5.60 Å². The smallest absolute Gasteiger partial charge is 0.209 e. The van der Waals surface area contributed by atoms with Crippen LogP contribution in [-0.4, -0.2) is 44.7 Å². The molecule has 0 unspecified atom stereocenters. The van der Waals surface area contributed by atoms with Crippen molar-refractivity contribution in [3.8, 4) is 11.5 Å². The Labute approximate surface area is 179 Å². The fourth-order valence-corrected chi connectivity index (χ4v) is 4.78. The molecule has 160 valence electrons. The molecule has 0 radical (unpaired) electrons. The first kappa shape index (κ1) is 20.6. The van der Waals surface area contributed by atoms with E-state index in [9.17, 15) is 4.79 Å². The second kappa shape index (κ2) is 7.53. The van der Waals surface area contributed by atoms with Crippen LogP contribution in [0.1, 0.15) is 47.3 Å². The van der Waals surface area contributed by atoms with Crippen LogP contribution in [-0.2, 0) is 0 Å². The van der Waals surface area contributed by atoms with Gasteiger partial charge in [0.15, 0.2) is 5.60 Å². The van der Waals surface area contributed by atoms with Crippen molar-refractivity contribution < 1.29 is 14.3 Å². The normalized spacial score (nSPS) is 18.1. The number of fused-ring (bicyclic) bond motifs is 1. The summed E-state index contributed by atoms with van der Waals surface area (Å²) in [6.45, 7) is 13.9. The first-order valence-corrected chi connectivity index (χ1v) is 10.8. The fourth-order valence-electron chi connectivity index (χ4n) is 4.78. The summed E-state index contributed by atoms with van der Waals surface area (Å²) < 4.78 is 11.4. The monoisotopic (exact) mass is 408 g/mol. The van der Waals surface area contributed by atoms with Crippen molar-refractivity contribution in [3.05, 3.63) is 46.5 Å². The summed E-state index contributed by atoms with van der Waals surface area (Å²) in [5.41, 5.74) is 5.78. The molecule has 1 saturated heterocycles. The minimum atomic E-state index is -0.785. The molecule has 2 heterocycles. The van der Waals surface area contributed by atoms with Gasteiger partial charge in [0.2, 0.25) is 5.78 Å². The summed E-state index contributed by atoms with van der Waals surface area (Å²) in [6, 6.07) is 8.29. The predicted octanol–water partition coefficient (Wildman–Crippen LogP) is 4.69. The summed E-state index contributed by atoms with van der Waals surface area (Å²) in [6.07, 6.45) is 1.07. The minimum Gasteiger partial charge on any atom is -0.497 e. The average molecular weight is 409 g/mol. The molecule has 1 fully saturated rings. The number of carbonyl (C=O) groups excluding carboxylic acids is 1. The molecule has 2 aliphatic heterocycles. The molecule has 0 bridgehead atoms. The van der Waals surface area contributed by atoms with Crippen LogP contribution in [0.25, 0.3) is 0 Å². The molecule has 5 nitrogen and oxygen atoms in total. The molecular weight excluding hydrogens is 376 g/mol. The number of Topliss-reactive ketones (excluding diaryl/α,β-unsaturated/α-hetero) is 1. The van der Waals surface area contributed by atoms with Crippen LogP contribution in [0.4, 0.5) is 11.4 Å². The first-order chi connectivity index (χ1) is 14.2. The van der Waals surface area contributed by atoms with Gasteiger partial charge in [0.25, 0.3) is 0 Å². The van der Waals surface area contributed by atoms with Crippen LogP contribution >= 0.6 is 0 Å². The van der Waals surface area contributed by atoms with E-state index in [4.69, 9.17) is 9.47 Å². The van der Waals surface area contributed by atoms with Crippen LogP contribution < -0.4 is 19.3 Å². The third-order valence-corrected chi connectivity index (χ3v) is 6.60. The maximum Gasteiger partial charge on any atom is 0.209 e. The highest BCUT2D eigenvalue weighted by molar-refractivity contribution is 6.09. The Kier molecular flexibility index (Phi) is 5.16. The Balaban J connectivity index is 1.63. The lowest BCUT2D eigenvalue weighted by molar-refractivity contribution is 0.0683. The molecule has 0 atom stereocenters. The molecule has 4 rings (SSSR count). The molecule has 0 N–H and O–H groups in total. The van der Waals surface area contributed by atoms with Gasteiger partial charge in [0.05, 0.1) is 12.7 Å².